The molecule has 2 nitrogen and oxygen atoms in total. The van der Waals surface area contributed by atoms with Crippen LogP contribution in [-0.4, -0.2) is 25.0 Å². The van der Waals surface area contributed by atoms with Crippen LogP contribution in [0.15, 0.2) is 36.6 Å². The first-order valence-corrected chi connectivity index (χ1v) is 9.72. The first-order valence-electron chi connectivity index (χ1n) is 9.72. The second-order valence-electron chi connectivity index (χ2n) is 8.59. The number of hydrogen-bond donors (Lipinski definition) is 1. The predicted molar refractivity (Wildman–Crippen MR) is 106 cm³/mol. The number of nitrogens with zero attached hydrogens (tertiary/aromatic N) is 1. The summed E-state index contributed by atoms with van der Waals surface area (Å²) < 4.78 is 0. The lowest BCUT2D eigenvalue weighted by Gasteiger charge is -2.48. The van der Waals surface area contributed by atoms with Gasteiger partial charge in [-0.2, -0.15) is 0 Å². The van der Waals surface area contributed by atoms with Crippen LogP contribution in [0, 0.1) is 35.5 Å². The molecule has 2 heteroatoms. The Hall–Kier alpha value is -1.02. The van der Waals surface area contributed by atoms with Gasteiger partial charge in [0.25, 0.3) is 0 Å². The Balaban J connectivity index is 1.93. The van der Waals surface area contributed by atoms with Crippen molar-refractivity contribution in [2.24, 2.45) is 41.2 Å². The molecule has 2 rings (SSSR count). The van der Waals surface area contributed by atoms with Crippen LogP contribution in [0.25, 0.3) is 0 Å². The second kappa shape index (κ2) is 7.91. The van der Waals surface area contributed by atoms with Crippen molar-refractivity contribution in [2.45, 2.75) is 52.5 Å². The summed E-state index contributed by atoms with van der Waals surface area (Å²) in [6, 6.07) is 0.269. The van der Waals surface area contributed by atoms with E-state index in [9.17, 15) is 0 Å². The lowest BCUT2D eigenvalue weighted by atomic mass is 9.61. The van der Waals surface area contributed by atoms with Gasteiger partial charge in [-0.3, -0.25) is 0 Å². The first kappa shape index (κ1) is 19.3. The van der Waals surface area contributed by atoms with Crippen LogP contribution in [0.2, 0.25) is 0 Å². The van der Waals surface area contributed by atoms with Gasteiger partial charge in [-0.05, 0) is 55.3 Å². The van der Waals surface area contributed by atoms with Crippen molar-refractivity contribution in [2.75, 3.05) is 14.1 Å². The molecule has 2 fully saturated rings. The molecule has 2 N–H and O–H groups in total. The van der Waals surface area contributed by atoms with Crippen molar-refractivity contribution in [1.82, 2.24) is 4.90 Å². The molecule has 24 heavy (non-hydrogen) atoms. The Bertz CT molecular complexity index is 488. The van der Waals surface area contributed by atoms with Gasteiger partial charge < -0.3 is 10.6 Å². The molecule has 0 heterocycles. The normalized spacial score (nSPS) is 33.8. The molecule has 0 aromatic rings. The Morgan fingerprint density at radius 1 is 1.12 bits per heavy atom. The molecule has 0 amide bonds. The average Bonchev–Trinajstić information content (AvgIpc) is 3.31. The lowest BCUT2D eigenvalue weighted by molar-refractivity contribution is 0.111. The monoisotopic (exact) mass is 330 g/mol. The molecule has 0 aliphatic heterocycles. The van der Waals surface area contributed by atoms with Crippen LogP contribution in [0.4, 0.5) is 0 Å². The molecule has 136 valence electrons. The third kappa shape index (κ3) is 3.96. The lowest BCUT2D eigenvalue weighted by Crippen LogP contribution is -2.53. The van der Waals surface area contributed by atoms with Crippen LogP contribution >= 0.6 is 0 Å². The van der Waals surface area contributed by atoms with Crippen molar-refractivity contribution < 1.29 is 0 Å². The van der Waals surface area contributed by atoms with Gasteiger partial charge in [0.05, 0.1) is 0 Å². The molecule has 2 aliphatic rings. The number of unbranched alkanes of at least 4 members (excludes halogenated alkanes) is 1. The van der Waals surface area contributed by atoms with Gasteiger partial charge in [-0.1, -0.05) is 45.1 Å². The maximum absolute atomic E-state index is 6.63. The Morgan fingerprint density at radius 3 is 2.21 bits per heavy atom. The van der Waals surface area contributed by atoms with Crippen molar-refractivity contribution in [1.29, 1.82) is 0 Å². The largest absolute Gasteiger partial charge is 0.381 e. The van der Waals surface area contributed by atoms with Gasteiger partial charge in [-0.25, -0.2) is 0 Å². The summed E-state index contributed by atoms with van der Waals surface area (Å²) in [4.78, 5) is 2.25. The minimum atomic E-state index is 0.269. The molecular formula is C22H38N2. The number of hydrogen-bond acceptors (Lipinski definition) is 2. The van der Waals surface area contributed by atoms with E-state index in [-0.39, 0.29) is 6.04 Å². The van der Waals surface area contributed by atoms with Crippen LogP contribution in [0.1, 0.15) is 46.5 Å². The zero-order chi connectivity index (χ0) is 18.0. The fourth-order valence-corrected chi connectivity index (χ4v) is 4.57. The smallest absolute Gasteiger partial charge is 0.0156 e. The van der Waals surface area contributed by atoms with E-state index in [1.807, 2.05) is 6.08 Å². The third-order valence-corrected chi connectivity index (χ3v) is 6.51. The van der Waals surface area contributed by atoms with E-state index in [2.05, 4.69) is 59.0 Å². The van der Waals surface area contributed by atoms with Crippen molar-refractivity contribution in [3.05, 3.63) is 36.6 Å². The zero-order valence-electron chi connectivity index (χ0n) is 16.5. The Labute approximate surface area is 149 Å². The summed E-state index contributed by atoms with van der Waals surface area (Å²) in [5, 5.41) is 0. The minimum Gasteiger partial charge on any atom is -0.381 e. The molecular weight excluding hydrogens is 292 g/mol. The number of rotatable bonds is 9. The van der Waals surface area contributed by atoms with E-state index in [1.165, 1.54) is 24.1 Å². The highest BCUT2D eigenvalue weighted by Crippen LogP contribution is 2.54. The maximum Gasteiger partial charge on any atom is 0.0156 e. The highest BCUT2D eigenvalue weighted by molar-refractivity contribution is 5.22. The summed E-state index contributed by atoms with van der Waals surface area (Å²) in [5.74, 6) is 4.06. The van der Waals surface area contributed by atoms with Gasteiger partial charge in [0.1, 0.15) is 0 Å². The summed E-state index contributed by atoms with van der Waals surface area (Å²) in [7, 11) is 4.28. The topological polar surface area (TPSA) is 29.3 Å². The van der Waals surface area contributed by atoms with Gasteiger partial charge >= 0.3 is 0 Å². The van der Waals surface area contributed by atoms with Crippen molar-refractivity contribution in [3.63, 3.8) is 0 Å². The second-order valence-corrected chi connectivity index (χ2v) is 8.59. The number of nitrogens with two attached hydrogens (primary N) is 1. The Morgan fingerprint density at radius 2 is 1.75 bits per heavy atom. The maximum atomic E-state index is 6.63. The standard InChI is InChI=1S/C22H38N2/c1-8-9-10-11-21(24(6)7)20-13-19(22(20)23)16(5)15(4)18-12-17(18)14(2)3/h8,11,14,16-20,22H,1,4,9-10,12-13,23H2,2-3,5-7H3/b21-11-/t16?,17?,18-,19?,20?,22+/m1/s1. The Kier molecular flexibility index (Phi) is 6.36. The van der Waals surface area contributed by atoms with E-state index in [0.29, 0.717) is 17.8 Å². The van der Waals surface area contributed by atoms with E-state index < -0.39 is 0 Å². The van der Waals surface area contributed by atoms with E-state index in [1.54, 1.807) is 0 Å². The molecule has 6 atom stereocenters. The molecule has 0 saturated heterocycles. The van der Waals surface area contributed by atoms with Gasteiger partial charge in [0.15, 0.2) is 0 Å². The van der Waals surface area contributed by atoms with E-state index in [4.69, 9.17) is 5.73 Å². The van der Waals surface area contributed by atoms with Gasteiger partial charge in [0, 0.05) is 31.8 Å². The SMILES string of the molecule is C=CCC/C=C(/C1CC(C(C)C(=C)[C@H]2CC2C(C)C)[C@@H]1N)N(C)C. The van der Waals surface area contributed by atoms with Crippen molar-refractivity contribution in [3.8, 4) is 0 Å². The molecule has 2 aliphatic carbocycles. The zero-order valence-corrected chi connectivity index (χ0v) is 16.5. The van der Waals surface area contributed by atoms with E-state index >= 15 is 0 Å². The quantitative estimate of drug-likeness (QED) is 0.484. The highest BCUT2D eigenvalue weighted by Gasteiger charge is 2.48. The fourth-order valence-electron chi connectivity index (χ4n) is 4.57. The first-order chi connectivity index (χ1) is 11.3. The third-order valence-electron chi connectivity index (χ3n) is 6.51. The summed E-state index contributed by atoms with van der Waals surface area (Å²) >= 11 is 0. The van der Waals surface area contributed by atoms with Crippen LogP contribution in [-0.2, 0) is 0 Å². The molecule has 0 aromatic carbocycles. The molecule has 0 aromatic heterocycles. The van der Waals surface area contributed by atoms with Crippen LogP contribution < -0.4 is 5.73 Å². The summed E-state index contributed by atoms with van der Waals surface area (Å²) in [6.07, 6.45) is 8.99. The fraction of sp³-hybridized carbons (Fsp3) is 0.727. The summed E-state index contributed by atoms with van der Waals surface area (Å²) in [5.41, 5.74) is 9.51. The molecule has 0 spiro atoms. The average molecular weight is 331 g/mol. The van der Waals surface area contributed by atoms with Crippen LogP contribution in [0.5, 0.6) is 0 Å². The van der Waals surface area contributed by atoms with Gasteiger partial charge in [-0.15, -0.1) is 6.58 Å². The molecule has 4 unspecified atom stereocenters. The predicted octanol–water partition coefficient (Wildman–Crippen LogP) is 4.85. The van der Waals surface area contributed by atoms with Gasteiger partial charge in [0.2, 0.25) is 0 Å². The molecule has 0 radical (unpaired) electrons. The van der Waals surface area contributed by atoms with Crippen LogP contribution in [0.3, 0.4) is 0 Å². The van der Waals surface area contributed by atoms with Crippen molar-refractivity contribution >= 4 is 0 Å². The molecule has 0 bridgehead atoms. The molecule has 2 saturated carbocycles. The highest BCUT2D eigenvalue weighted by atomic mass is 15.1. The minimum absolute atomic E-state index is 0.269. The van der Waals surface area contributed by atoms with E-state index in [0.717, 1.165) is 30.6 Å². The number of allylic oxidation sites excluding steroid dienone is 3. The summed E-state index contributed by atoms with van der Waals surface area (Å²) in [6.45, 7) is 15.3.